The Hall–Kier alpha value is -0.980. The maximum atomic E-state index is 12.4. The lowest BCUT2D eigenvalue weighted by Crippen LogP contribution is -2.31. The molecule has 2 rings (SSSR count). The van der Waals surface area contributed by atoms with Gasteiger partial charge < -0.3 is 15.2 Å². The van der Waals surface area contributed by atoms with Gasteiger partial charge in [-0.2, -0.15) is 13.2 Å². The van der Waals surface area contributed by atoms with Crippen molar-refractivity contribution in [3.05, 3.63) is 28.8 Å². The van der Waals surface area contributed by atoms with E-state index >= 15 is 0 Å². The van der Waals surface area contributed by atoms with E-state index < -0.39 is 17.8 Å². The van der Waals surface area contributed by atoms with E-state index in [1.165, 1.54) is 6.07 Å². The molecule has 1 aromatic rings. The first kappa shape index (κ1) is 13.5. The predicted molar refractivity (Wildman–Crippen MR) is 60.7 cm³/mol. The van der Waals surface area contributed by atoms with Gasteiger partial charge in [0.15, 0.2) is 0 Å². The third-order valence-corrected chi connectivity index (χ3v) is 3.00. The Labute approximate surface area is 107 Å². The van der Waals surface area contributed by atoms with E-state index in [0.29, 0.717) is 12.3 Å². The number of halogens is 4. The number of hydrogen-bond donors (Lipinski definition) is 2. The minimum Gasteiger partial charge on any atom is -0.388 e. The molecule has 0 spiro atoms. The summed E-state index contributed by atoms with van der Waals surface area (Å²) in [5.74, 6) is 0. The molecule has 18 heavy (non-hydrogen) atoms. The summed E-state index contributed by atoms with van der Waals surface area (Å²) >= 11 is 5.78. The molecular formula is C11H11ClF3NO2. The van der Waals surface area contributed by atoms with Crippen molar-refractivity contribution in [3.8, 4) is 0 Å². The standard InChI is InChI=1S/C11H11ClF3NO2/c12-7-3-6(11(13,14)15)1-2-8(7)16-9-4-18-5-10(9)17/h1-3,9-10,16-17H,4-5H2. The van der Waals surface area contributed by atoms with Crippen LogP contribution in [-0.4, -0.2) is 30.5 Å². The molecule has 0 aliphatic carbocycles. The van der Waals surface area contributed by atoms with Crippen LogP contribution in [0.1, 0.15) is 5.56 Å². The Morgan fingerprint density at radius 3 is 2.56 bits per heavy atom. The van der Waals surface area contributed by atoms with Gasteiger partial charge in [0.1, 0.15) is 0 Å². The van der Waals surface area contributed by atoms with E-state index in [1.54, 1.807) is 0 Å². The van der Waals surface area contributed by atoms with Crippen molar-refractivity contribution in [2.75, 3.05) is 18.5 Å². The summed E-state index contributed by atoms with van der Waals surface area (Å²) in [7, 11) is 0. The summed E-state index contributed by atoms with van der Waals surface area (Å²) in [6.45, 7) is 0.494. The topological polar surface area (TPSA) is 41.5 Å². The Bertz CT molecular complexity index is 439. The van der Waals surface area contributed by atoms with Crippen LogP contribution in [0.4, 0.5) is 18.9 Å². The SMILES string of the molecule is OC1COCC1Nc1ccc(C(F)(F)F)cc1Cl. The second-order valence-electron chi connectivity index (χ2n) is 4.05. The molecule has 1 aromatic carbocycles. The van der Waals surface area contributed by atoms with Gasteiger partial charge in [0, 0.05) is 0 Å². The lowest BCUT2D eigenvalue weighted by Gasteiger charge is -2.17. The highest BCUT2D eigenvalue weighted by molar-refractivity contribution is 6.33. The maximum absolute atomic E-state index is 12.4. The van der Waals surface area contributed by atoms with Crippen molar-refractivity contribution in [2.45, 2.75) is 18.3 Å². The predicted octanol–water partition coefficient (Wildman–Crippen LogP) is 2.53. The zero-order valence-corrected chi connectivity index (χ0v) is 9.92. The molecule has 100 valence electrons. The molecule has 7 heteroatoms. The molecule has 0 aromatic heterocycles. The highest BCUT2D eigenvalue weighted by Crippen LogP contribution is 2.34. The highest BCUT2D eigenvalue weighted by atomic mass is 35.5. The molecule has 0 radical (unpaired) electrons. The molecule has 1 saturated heterocycles. The molecular weight excluding hydrogens is 271 g/mol. The second-order valence-corrected chi connectivity index (χ2v) is 4.46. The zero-order chi connectivity index (χ0) is 13.3. The van der Waals surface area contributed by atoms with Gasteiger partial charge in [-0.15, -0.1) is 0 Å². The molecule has 1 fully saturated rings. The van der Waals surface area contributed by atoms with Crippen molar-refractivity contribution in [1.29, 1.82) is 0 Å². The van der Waals surface area contributed by atoms with Crippen molar-refractivity contribution >= 4 is 17.3 Å². The van der Waals surface area contributed by atoms with Gasteiger partial charge in [0.25, 0.3) is 0 Å². The smallest absolute Gasteiger partial charge is 0.388 e. The molecule has 0 amide bonds. The van der Waals surface area contributed by atoms with Crippen LogP contribution in [0.2, 0.25) is 5.02 Å². The van der Waals surface area contributed by atoms with Gasteiger partial charge in [0.05, 0.1) is 41.6 Å². The Kier molecular flexibility index (Phi) is 3.70. The molecule has 1 aliphatic rings. The number of nitrogens with one attached hydrogen (secondary N) is 1. The third-order valence-electron chi connectivity index (χ3n) is 2.69. The van der Waals surface area contributed by atoms with Crippen LogP contribution in [0.15, 0.2) is 18.2 Å². The lowest BCUT2D eigenvalue weighted by molar-refractivity contribution is -0.137. The molecule has 1 heterocycles. The van der Waals surface area contributed by atoms with Crippen LogP contribution in [0.5, 0.6) is 0 Å². The van der Waals surface area contributed by atoms with Crippen LogP contribution >= 0.6 is 11.6 Å². The summed E-state index contributed by atoms with van der Waals surface area (Å²) < 4.78 is 42.3. The number of rotatable bonds is 2. The first-order chi connectivity index (χ1) is 8.38. The van der Waals surface area contributed by atoms with Crippen molar-refractivity contribution < 1.29 is 23.0 Å². The summed E-state index contributed by atoms with van der Waals surface area (Å²) in [5, 5.41) is 12.3. The molecule has 2 atom stereocenters. The first-order valence-corrected chi connectivity index (χ1v) is 5.65. The highest BCUT2D eigenvalue weighted by Gasteiger charge is 2.31. The number of hydrogen-bond acceptors (Lipinski definition) is 3. The van der Waals surface area contributed by atoms with E-state index in [2.05, 4.69) is 5.32 Å². The minimum absolute atomic E-state index is 0.0380. The summed E-state index contributed by atoms with van der Waals surface area (Å²) in [4.78, 5) is 0. The van der Waals surface area contributed by atoms with Crippen LogP contribution in [-0.2, 0) is 10.9 Å². The van der Waals surface area contributed by atoms with Gasteiger partial charge in [-0.1, -0.05) is 11.6 Å². The van der Waals surface area contributed by atoms with E-state index in [9.17, 15) is 18.3 Å². The van der Waals surface area contributed by atoms with E-state index in [-0.39, 0.29) is 17.7 Å². The zero-order valence-electron chi connectivity index (χ0n) is 9.17. The van der Waals surface area contributed by atoms with Crippen LogP contribution in [0.25, 0.3) is 0 Å². The summed E-state index contributed by atoms with van der Waals surface area (Å²) in [6.07, 6.45) is -5.11. The van der Waals surface area contributed by atoms with E-state index in [4.69, 9.17) is 16.3 Å². The monoisotopic (exact) mass is 281 g/mol. The average molecular weight is 282 g/mol. The first-order valence-electron chi connectivity index (χ1n) is 5.27. The van der Waals surface area contributed by atoms with Gasteiger partial charge in [-0.3, -0.25) is 0 Å². The quantitative estimate of drug-likeness (QED) is 0.875. The molecule has 2 N–H and O–H groups in total. The lowest BCUT2D eigenvalue weighted by atomic mass is 10.1. The average Bonchev–Trinajstić information content (AvgIpc) is 2.66. The number of aliphatic hydroxyl groups is 1. The van der Waals surface area contributed by atoms with Crippen LogP contribution in [0, 0.1) is 0 Å². The Morgan fingerprint density at radius 1 is 1.33 bits per heavy atom. The second kappa shape index (κ2) is 4.95. The third kappa shape index (κ3) is 2.88. The summed E-state index contributed by atoms with van der Waals surface area (Å²) in [5.41, 5.74) is -0.458. The number of ether oxygens (including phenoxy) is 1. The minimum atomic E-state index is -4.42. The van der Waals surface area contributed by atoms with Crippen LogP contribution in [0.3, 0.4) is 0 Å². The van der Waals surface area contributed by atoms with Crippen LogP contribution < -0.4 is 5.32 Å². The van der Waals surface area contributed by atoms with Crippen molar-refractivity contribution in [2.24, 2.45) is 0 Å². The number of aliphatic hydroxyl groups excluding tert-OH is 1. The number of anilines is 1. The van der Waals surface area contributed by atoms with E-state index in [0.717, 1.165) is 12.1 Å². The molecule has 0 bridgehead atoms. The Balaban J connectivity index is 2.15. The molecule has 2 unspecified atom stereocenters. The van der Waals surface area contributed by atoms with E-state index in [1.807, 2.05) is 0 Å². The Morgan fingerprint density at radius 2 is 2.06 bits per heavy atom. The van der Waals surface area contributed by atoms with Gasteiger partial charge in [0.2, 0.25) is 0 Å². The fourth-order valence-electron chi connectivity index (χ4n) is 1.69. The normalized spacial score (nSPS) is 24.3. The fourth-order valence-corrected chi connectivity index (χ4v) is 1.92. The van der Waals surface area contributed by atoms with Gasteiger partial charge in [-0.25, -0.2) is 0 Å². The fraction of sp³-hybridized carbons (Fsp3) is 0.455. The van der Waals surface area contributed by atoms with Gasteiger partial charge >= 0.3 is 6.18 Å². The number of alkyl halides is 3. The number of benzene rings is 1. The van der Waals surface area contributed by atoms with Crippen molar-refractivity contribution in [1.82, 2.24) is 0 Å². The van der Waals surface area contributed by atoms with Gasteiger partial charge in [-0.05, 0) is 18.2 Å². The molecule has 1 aliphatic heterocycles. The maximum Gasteiger partial charge on any atom is 0.416 e. The molecule has 3 nitrogen and oxygen atoms in total. The largest absolute Gasteiger partial charge is 0.416 e. The molecule has 0 saturated carbocycles. The van der Waals surface area contributed by atoms with Crippen molar-refractivity contribution in [3.63, 3.8) is 0 Å². The summed E-state index contributed by atoms with van der Waals surface area (Å²) in [6, 6.07) is 2.68.